The van der Waals surface area contributed by atoms with E-state index in [0.717, 1.165) is 12.0 Å². The molecule has 1 unspecified atom stereocenters. The average molecular weight is 293 g/mol. The minimum Gasteiger partial charge on any atom is -0.352 e. The second-order valence-electron chi connectivity index (χ2n) is 4.66. The third-order valence-electron chi connectivity index (χ3n) is 2.91. The molecule has 2 rings (SSSR count). The number of carbonyl (C=O) groups excluding carboxylic acids is 1. The van der Waals surface area contributed by atoms with E-state index in [1.165, 1.54) is 6.20 Å². The quantitative estimate of drug-likeness (QED) is 0.790. The molecule has 2 aromatic rings. The van der Waals surface area contributed by atoms with Crippen LogP contribution >= 0.6 is 11.6 Å². The molecule has 4 N–H and O–H groups in total. The van der Waals surface area contributed by atoms with Crippen LogP contribution in [0.5, 0.6) is 0 Å². The number of H-pyrrole nitrogens is 1. The van der Waals surface area contributed by atoms with Crippen LogP contribution in [0.4, 0.5) is 0 Å². The molecular weight excluding hydrogens is 276 g/mol. The molecule has 1 atom stereocenters. The number of nitrogens with two attached hydrogens (primary N) is 1. The van der Waals surface area contributed by atoms with E-state index in [2.05, 4.69) is 15.5 Å². The number of halogens is 1. The van der Waals surface area contributed by atoms with E-state index in [-0.39, 0.29) is 11.9 Å². The fraction of sp³-hybridized carbons (Fsp3) is 0.286. The maximum Gasteiger partial charge on any atom is 0.255 e. The molecule has 5 nitrogen and oxygen atoms in total. The lowest BCUT2D eigenvalue weighted by Crippen LogP contribution is -2.29. The topological polar surface area (TPSA) is 83.8 Å². The summed E-state index contributed by atoms with van der Waals surface area (Å²) in [6, 6.07) is 7.37. The molecule has 0 radical (unpaired) electrons. The lowest BCUT2D eigenvalue weighted by Gasteiger charge is -2.08. The summed E-state index contributed by atoms with van der Waals surface area (Å²) in [4.78, 5) is 12.1. The number of rotatable bonds is 5. The van der Waals surface area contributed by atoms with Gasteiger partial charge in [-0.1, -0.05) is 29.8 Å². The Labute approximate surface area is 122 Å². The summed E-state index contributed by atoms with van der Waals surface area (Å²) in [6.45, 7) is 2.43. The molecule has 20 heavy (non-hydrogen) atoms. The second-order valence-corrected chi connectivity index (χ2v) is 5.07. The van der Waals surface area contributed by atoms with Gasteiger partial charge in [0, 0.05) is 23.2 Å². The van der Waals surface area contributed by atoms with Crippen LogP contribution in [0.3, 0.4) is 0 Å². The molecule has 106 valence electrons. The smallest absolute Gasteiger partial charge is 0.255 e. The summed E-state index contributed by atoms with van der Waals surface area (Å²) in [5.74, 6) is -0.186. The highest BCUT2D eigenvalue weighted by molar-refractivity contribution is 6.33. The minimum absolute atomic E-state index is 0.0580. The van der Waals surface area contributed by atoms with Crippen molar-refractivity contribution in [3.8, 4) is 11.3 Å². The van der Waals surface area contributed by atoms with Crippen LogP contribution in [0.2, 0.25) is 5.02 Å². The van der Waals surface area contributed by atoms with Crippen molar-refractivity contribution in [2.45, 2.75) is 19.4 Å². The van der Waals surface area contributed by atoms with E-state index < -0.39 is 0 Å². The van der Waals surface area contributed by atoms with Crippen molar-refractivity contribution >= 4 is 17.5 Å². The molecular formula is C14H17ClN4O. The number of hydrogen-bond donors (Lipinski definition) is 3. The Hall–Kier alpha value is -1.85. The van der Waals surface area contributed by atoms with Crippen molar-refractivity contribution in [1.29, 1.82) is 0 Å². The van der Waals surface area contributed by atoms with Gasteiger partial charge < -0.3 is 11.1 Å². The summed E-state index contributed by atoms with van der Waals surface area (Å²) in [6.07, 6.45) is 2.23. The maximum atomic E-state index is 12.1. The molecule has 0 saturated heterocycles. The van der Waals surface area contributed by atoms with Gasteiger partial charge in [0.15, 0.2) is 0 Å². The van der Waals surface area contributed by atoms with Gasteiger partial charge in [0.2, 0.25) is 0 Å². The van der Waals surface area contributed by atoms with Crippen LogP contribution in [-0.2, 0) is 0 Å². The number of hydrogen-bond acceptors (Lipinski definition) is 3. The van der Waals surface area contributed by atoms with Gasteiger partial charge in [0.1, 0.15) is 0 Å². The fourth-order valence-electron chi connectivity index (χ4n) is 1.84. The second kappa shape index (κ2) is 6.54. The van der Waals surface area contributed by atoms with E-state index >= 15 is 0 Å². The molecule has 0 fully saturated rings. The Balaban J connectivity index is 2.17. The molecule has 0 saturated carbocycles. The van der Waals surface area contributed by atoms with Gasteiger partial charge in [-0.2, -0.15) is 5.10 Å². The van der Waals surface area contributed by atoms with Gasteiger partial charge in [-0.3, -0.25) is 9.89 Å². The summed E-state index contributed by atoms with van der Waals surface area (Å²) in [5.41, 5.74) is 7.50. The van der Waals surface area contributed by atoms with Crippen LogP contribution < -0.4 is 11.1 Å². The zero-order valence-electron chi connectivity index (χ0n) is 11.2. The Morgan fingerprint density at radius 1 is 1.50 bits per heavy atom. The predicted molar refractivity (Wildman–Crippen MR) is 79.6 cm³/mol. The number of nitrogens with one attached hydrogen (secondary N) is 2. The van der Waals surface area contributed by atoms with Crippen molar-refractivity contribution in [2.24, 2.45) is 5.73 Å². The first-order chi connectivity index (χ1) is 9.59. The highest BCUT2D eigenvalue weighted by atomic mass is 35.5. The maximum absolute atomic E-state index is 12.1. The van der Waals surface area contributed by atoms with Gasteiger partial charge in [0.25, 0.3) is 5.91 Å². The molecule has 1 aromatic carbocycles. The fourth-order valence-corrected chi connectivity index (χ4v) is 2.07. The number of nitrogens with zero attached hydrogens (tertiary/aromatic N) is 1. The molecule has 0 aliphatic carbocycles. The molecule has 0 spiro atoms. The van der Waals surface area contributed by atoms with Crippen molar-refractivity contribution < 1.29 is 4.79 Å². The number of amides is 1. The zero-order valence-corrected chi connectivity index (χ0v) is 11.9. The summed E-state index contributed by atoms with van der Waals surface area (Å²) in [7, 11) is 0. The van der Waals surface area contributed by atoms with Crippen LogP contribution in [0.25, 0.3) is 11.3 Å². The summed E-state index contributed by atoms with van der Waals surface area (Å²) in [5, 5.41) is 10.2. The normalized spacial score (nSPS) is 12.2. The zero-order chi connectivity index (χ0) is 14.5. The summed E-state index contributed by atoms with van der Waals surface area (Å²) < 4.78 is 0. The number of aromatic nitrogens is 2. The van der Waals surface area contributed by atoms with Crippen molar-refractivity contribution in [3.63, 3.8) is 0 Å². The van der Waals surface area contributed by atoms with Crippen LogP contribution in [0, 0.1) is 0 Å². The minimum atomic E-state index is -0.186. The molecule has 0 bridgehead atoms. The van der Waals surface area contributed by atoms with Gasteiger partial charge in [0.05, 0.1) is 17.5 Å². The van der Waals surface area contributed by atoms with Crippen molar-refractivity contribution in [1.82, 2.24) is 15.5 Å². The molecule has 0 aliphatic heterocycles. The van der Waals surface area contributed by atoms with E-state index in [9.17, 15) is 4.79 Å². The number of benzene rings is 1. The standard InChI is InChI=1S/C14H17ClN4O/c1-9(16)6-7-17-14(20)11-8-18-19-13(11)10-4-2-3-5-12(10)15/h2-5,8-9H,6-7,16H2,1H3,(H,17,20)(H,18,19). The molecule has 1 heterocycles. The van der Waals surface area contributed by atoms with Crippen LogP contribution in [-0.4, -0.2) is 28.7 Å². The van der Waals surface area contributed by atoms with E-state index in [1.807, 2.05) is 25.1 Å². The van der Waals surface area contributed by atoms with Gasteiger partial charge in [-0.25, -0.2) is 0 Å². The Bertz CT molecular complexity index is 594. The van der Waals surface area contributed by atoms with Gasteiger partial charge in [-0.05, 0) is 19.4 Å². The van der Waals surface area contributed by atoms with Crippen LogP contribution in [0.15, 0.2) is 30.5 Å². The summed E-state index contributed by atoms with van der Waals surface area (Å²) >= 11 is 6.14. The first kappa shape index (κ1) is 14.6. The van der Waals surface area contributed by atoms with E-state index in [4.69, 9.17) is 17.3 Å². The van der Waals surface area contributed by atoms with E-state index in [0.29, 0.717) is 22.8 Å². The lowest BCUT2D eigenvalue weighted by atomic mass is 10.1. The Morgan fingerprint density at radius 2 is 2.25 bits per heavy atom. The largest absolute Gasteiger partial charge is 0.352 e. The molecule has 6 heteroatoms. The Kier molecular flexibility index (Phi) is 4.76. The van der Waals surface area contributed by atoms with Crippen LogP contribution in [0.1, 0.15) is 23.7 Å². The average Bonchev–Trinajstić information content (AvgIpc) is 2.87. The van der Waals surface area contributed by atoms with Crippen molar-refractivity contribution in [2.75, 3.05) is 6.54 Å². The highest BCUT2D eigenvalue weighted by Gasteiger charge is 2.16. The van der Waals surface area contributed by atoms with E-state index in [1.54, 1.807) is 6.07 Å². The third-order valence-corrected chi connectivity index (χ3v) is 3.24. The Morgan fingerprint density at radius 3 is 2.95 bits per heavy atom. The lowest BCUT2D eigenvalue weighted by molar-refractivity contribution is 0.0953. The van der Waals surface area contributed by atoms with Gasteiger partial charge in [-0.15, -0.1) is 0 Å². The molecule has 1 amide bonds. The highest BCUT2D eigenvalue weighted by Crippen LogP contribution is 2.28. The molecule has 0 aliphatic rings. The number of carbonyl (C=O) groups is 1. The monoisotopic (exact) mass is 292 g/mol. The first-order valence-electron chi connectivity index (χ1n) is 6.41. The molecule has 1 aromatic heterocycles. The predicted octanol–water partition coefficient (Wildman–Crippen LogP) is 2.20. The SMILES string of the molecule is CC(N)CCNC(=O)c1cn[nH]c1-c1ccccc1Cl. The van der Waals surface area contributed by atoms with Crippen molar-refractivity contribution in [3.05, 3.63) is 41.0 Å². The third kappa shape index (κ3) is 3.37. The first-order valence-corrected chi connectivity index (χ1v) is 6.79. The number of aromatic amines is 1. The van der Waals surface area contributed by atoms with Gasteiger partial charge >= 0.3 is 0 Å².